The number of ether oxygens (including phenoxy) is 1. The zero-order chi connectivity index (χ0) is 22.2. The number of para-hydroxylation sites is 2. The third-order valence-electron chi connectivity index (χ3n) is 4.98. The standard InChI is InChI=1S/C26H28N2O3/c1-4-28(21-10-6-5-7-11-21)26(30)23-12-8-9-13-24(23)27-25(29)18-31-22-16-14-20(15-17-22)19(2)3/h5-17,19H,4,18H2,1-3H3,(H,27,29). The van der Waals surface area contributed by atoms with Crippen LogP contribution in [0.25, 0.3) is 0 Å². The van der Waals surface area contributed by atoms with Crippen molar-refractivity contribution in [2.75, 3.05) is 23.4 Å². The van der Waals surface area contributed by atoms with Crippen molar-refractivity contribution in [2.24, 2.45) is 0 Å². The number of nitrogens with zero attached hydrogens (tertiary/aromatic N) is 1. The molecule has 0 saturated heterocycles. The number of carbonyl (C=O) groups excluding carboxylic acids is 2. The Kier molecular flexibility index (Phi) is 7.44. The molecule has 0 aliphatic heterocycles. The molecule has 31 heavy (non-hydrogen) atoms. The predicted molar refractivity (Wildman–Crippen MR) is 125 cm³/mol. The van der Waals surface area contributed by atoms with Gasteiger partial charge in [-0.05, 0) is 54.8 Å². The second kappa shape index (κ2) is 10.4. The van der Waals surface area contributed by atoms with Gasteiger partial charge >= 0.3 is 0 Å². The summed E-state index contributed by atoms with van der Waals surface area (Å²) < 4.78 is 5.61. The number of anilines is 2. The molecule has 0 heterocycles. The van der Waals surface area contributed by atoms with Crippen LogP contribution in [-0.4, -0.2) is 25.0 Å². The van der Waals surface area contributed by atoms with Crippen molar-refractivity contribution in [1.29, 1.82) is 0 Å². The van der Waals surface area contributed by atoms with E-state index in [0.29, 0.717) is 29.5 Å². The lowest BCUT2D eigenvalue weighted by molar-refractivity contribution is -0.118. The van der Waals surface area contributed by atoms with Gasteiger partial charge in [-0.15, -0.1) is 0 Å². The molecule has 0 bridgehead atoms. The number of carbonyl (C=O) groups is 2. The molecule has 3 aromatic carbocycles. The minimum Gasteiger partial charge on any atom is -0.484 e. The van der Waals surface area contributed by atoms with Gasteiger partial charge in [0.2, 0.25) is 0 Å². The third-order valence-corrected chi connectivity index (χ3v) is 4.98. The Morgan fingerprint density at radius 3 is 2.19 bits per heavy atom. The van der Waals surface area contributed by atoms with Crippen LogP contribution < -0.4 is 15.0 Å². The van der Waals surface area contributed by atoms with Gasteiger partial charge in [0.05, 0.1) is 11.3 Å². The summed E-state index contributed by atoms with van der Waals surface area (Å²) in [5.74, 6) is 0.570. The summed E-state index contributed by atoms with van der Waals surface area (Å²) in [5.41, 5.74) is 2.92. The molecular weight excluding hydrogens is 388 g/mol. The van der Waals surface area contributed by atoms with E-state index in [0.717, 1.165) is 5.69 Å². The Morgan fingerprint density at radius 2 is 1.55 bits per heavy atom. The lowest BCUT2D eigenvalue weighted by Gasteiger charge is -2.22. The van der Waals surface area contributed by atoms with Crippen molar-refractivity contribution in [3.05, 3.63) is 90.0 Å². The Labute approximate surface area is 183 Å². The summed E-state index contributed by atoms with van der Waals surface area (Å²) in [7, 11) is 0. The molecule has 0 radical (unpaired) electrons. The number of hydrogen-bond donors (Lipinski definition) is 1. The number of amides is 2. The van der Waals surface area contributed by atoms with Crippen molar-refractivity contribution in [3.63, 3.8) is 0 Å². The SMILES string of the molecule is CCN(C(=O)c1ccccc1NC(=O)COc1ccc(C(C)C)cc1)c1ccccc1. The highest BCUT2D eigenvalue weighted by Gasteiger charge is 2.20. The Bertz CT molecular complexity index is 1010. The Morgan fingerprint density at radius 1 is 0.903 bits per heavy atom. The summed E-state index contributed by atoms with van der Waals surface area (Å²) >= 11 is 0. The first-order valence-electron chi connectivity index (χ1n) is 10.5. The molecule has 3 aromatic rings. The van der Waals surface area contributed by atoms with Crippen molar-refractivity contribution in [2.45, 2.75) is 26.7 Å². The Hall–Kier alpha value is -3.60. The summed E-state index contributed by atoms with van der Waals surface area (Å²) in [6.45, 7) is 6.55. The van der Waals surface area contributed by atoms with E-state index in [-0.39, 0.29) is 18.4 Å². The van der Waals surface area contributed by atoms with Gasteiger partial charge in [-0.1, -0.05) is 56.3 Å². The molecule has 0 unspecified atom stereocenters. The number of nitrogens with one attached hydrogen (secondary N) is 1. The molecule has 0 atom stereocenters. The fourth-order valence-corrected chi connectivity index (χ4v) is 3.26. The van der Waals surface area contributed by atoms with Crippen molar-refractivity contribution < 1.29 is 14.3 Å². The first-order valence-corrected chi connectivity index (χ1v) is 10.5. The molecule has 3 rings (SSSR count). The monoisotopic (exact) mass is 416 g/mol. The molecule has 2 amide bonds. The summed E-state index contributed by atoms with van der Waals surface area (Å²) in [4.78, 5) is 27.4. The first kappa shape index (κ1) is 22.1. The highest BCUT2D eigenvalue weighted by Crippen LogP contribution is 2.22. The fraction of sp³-hybridized carbons (Fsp3) is 0.231. The van der Waals surface area contributed by atoms with E-state index in [4.69, 9.17) is 4.74 Å². The maximum Gasteiger partial charge on any atom is 0.262 e. The second-order valence-corrected chi connectivity index (χ2v) is 7.49. The van der Waals surface area contributed by atoms with E-state index in [9.17, 15) is 9.59 Å². The van der Waals surface area contributed by atoms with Crippen LogP contribution in [0, 0.1) is 0 Å². The molecule has 160 valence electrons. The predicted octanol–water partition coefficient (Wildman–Crippen LogP) is 5.49. The van der Waals surface area contributed by atoms with Crippen LogP contribution in [0.5, 0.6) is 5.75 Å². The number of benzene rings is 3. The molecule has 0 aliphatic carbocycles. The lowest BCUT2D eigenvalue weighted by Crippen LogP contribution is -2.32. The fourth-order valence-electron chi connectivity index (χ4n) is 3.26. The van der Waals surface area contributed by atoms with Gasteiger partial charge in [-0.25, -0.2) is 0 Å². The van der Waals surface area contributed by atoms with E-state index in [1.165, 1.54) is 5.56 Å². The van der Waals surface area contributed by atoms with Crippen LogP contribution in [0.4, 0.5) is 11.4 Å². The molecule has 5 nitrogen and oxygen atoms in total. The molecule has 1 N–H and O–H groups in total. The molecule has 5 heteroatoms. The van der Waals surface area contributed by atoms with Crippen LogP contribution in [0.15, 0.2) is 78.9 Å². The van der Waals surface area contributed by atoms with Gasteiger partial charge in [0.1, 0.15) is 5.75 Å². The highest BCUT2D eigenvalue weighted by atomic mass is 16.5. The molecule has 0 aromatic heterocycles. The summed E-state index contributed by atoms with van der Waals surface area (Å²) in [5, 5.41) is 2.81. The van der Waals surface area contributed by atoms with Crippen molar-refractivity contribution in [3.8, 4) is 5.75 Å². The summed E-state index contributed by atoms with van der Waals surface area (Å²) in [6.07, 6.45) is 0. The lowest BCUT2D eigenvalue weighted by atomic mass is 10.0. The highest BCUT2D eigenvalue weighted by molar-refractivity contribution is 6.11. The van der Waals surface area contributed by atoms with Gasteiger partial charge in [-0.3, -0.25) is 9.59 Å². The van der Waals surface area contributed by atoms with E-state index in [2.05, 4.69) is 19.2 Å². The van der Waals surface area contributed by atoms with Crippen LogP contribution in [0.3, 0.4) is 0 Å². The average molecular weight is 417 g/mol. The van der Waals surface area contributed by atoms with Crippen molar-refractivity contribution >= 4 is 23.2 Å². The van der Waals surface area contributed by atoms with Crippen molar-refractivity contribution in [1.82, 2.24) is 0 Å². The van der Waals surface area contributed by atoms with Gasteiger partial charge in [0.15, 0.2) is 6.61 Å². The number of hydrogen-bond acceptors (Lipinski definition) is 3. The zero-order valence-corrected chi connectivity index (χ0v) is 18.2. The zero-order valence-electron chi connectivity index (χ0n) is 18.2. The molecular formula is C26H28N2O3. The minimum absolute atomic E-state index is 0.139. The van der Waals surface area contributed by atoms with Crippen LogP contribution in [-0.2, 0) is 4.79 Å². The maximum absolute atomic E-state index is 13.2. The molecule has 0 spiro atoms. The second-order valence-electron chi connectivity index (χ2n) is 7.49. The molecule has 0 fully saturated rings. The van der Waals surface area contributed by atoms with Gasteiger partial charge in [0, 0.05) is 12.2 Å². The first-order chi connectivity index (χ1) is 15.0. The van der Waals surface area contributed by atoms with E-state index in [1.54, 1.807) is 29.2 Å². The van der Waals surface area contributed by atoms with Crippen LogP contribution >= 0.6 is 0 Å². The minimum atomic E-state index is -0.323. The largest absolute Gasteiger partial charge is 0.484 e. The van der Waals surface area contributed by atoms with Crippen LogP contribution in [0.1, 0.15) is 42.6 Å². The number of rotatable bonds is 8. The maximum atomic E-state index is 13.2. The smallest absolute Gasteiger partial charge is 0.262 e. The average Bonchev–Trinajstić information content (AvgIpc) is 2.79. The molecule has 0 saturated carbocycles. The summed E-state index contributed by atoms with van der Waals surface area (Å²) in [6, 6.07) is 24.2. The van der Waals surface area contributed by atoms with Gasteiger partial charge < -0.3 is 15.0 Å². The van der Waals surface area contributed by atoms with Gasteiger partial charge in [0.25, 0.3) is 11.8 Å². The quantitative estimate of drug-likeness (QED) is 0.528. The molecule has 0 aliphatic rings. The normalized spacial score (nSPS) is 10.6. The van der Waals surface area contributed by atoms with E-state index in [1.807, 2.05) is 61.5 Å². The topological polar surface area (TPSA) is 58.6 Å². The van der Waals surface area contributed by atoms with E-state index >= 15 is 0 Å². The third kappa shape index (κ3) is 5.72. The Balaban J connectivity index is 1.68. The van der Waals surface area contributed by atoms with E-state index < -0.39 is 0 Å². The van der Waals surface area contributed by atoms with Crippen LogP contribution in [0.2, 0.25) is 0 Å². The van der Waals surface area contributed by atoms with Gasteiger partial charge in [-0.2, -0.15) is 0 Å².